The van der Waals surface area contributed by atoms with E-state index >= 15 is 0 Å². The number of amides is 1. The second-order valence-corrected chi connectivity index (χ2v) is 6.25. The van der Waals surface area contributed by atoms with Gasteiger partial charge in [-0.1, -0.05) is 12.8 Å². The summed E-state index contributed by atoms with van der Waals surface area (Å²) in [6, 6.07) is 7.15. The summed E-state index contributed by atoms with van der Waals surface area (Å²) in [5.41, 5.74) is 1.85. The van der Waals surface area contributed by atoms with Crippen LogP contribution in [0, 0.1) is 0 Å². The molecule has 0 spiro atoms. The quantitative estimate of drug-likeness (QED) is 0.864. The standard InChI is InChI=1S/C19H22N4O2/c1-14(24)15-6-8-16(9-7-15)22-18-13-20-17(12-21-18)19(25)23-10-4-2-3-5-11-23/h6-9,12-13H,2-5,10-11H2,1H3,(H,21,22). The number of benzene rings is 1. The van der Waals surface area contributed by atoms with E-state index in [-0.39, 0.29) is 11.7 Å². The van der Waals surface area contributed by atoms with E-state index in [1.807, 2.05) is 17.0 Å². The van der Waals surface area contributed by atoms with Gasteiger partial charge in [-0.25, -0.2) is 9.97 Å². The van der Waals surface area contributed by atoms with Crippen LogP contribution in [0.15, 0.2) is 36.7 Å². The molecule has 2 heterocycles. The molecule has 25 heavy (non-hydrogen) atoms. The number of carbonyl (C=O) groups excluding carboxylic acids is 2. The summed E-state index contributed by atoms with van der Waals surface area (Å²) in [6.07, 6.45) is 7.54. The SMILES string of the molecule is CC(=O)c1ccc(Nc2cnc(C(=O)N3CCCCCC3)cn2)cc1. The fourth-order valence-electron chi connectivity index (χ4n) is 2.87. The number of ketones is 1. The molecule has 1 saturated heterocycles. The van der Waals surface area contributed by atoms with Crippen molar-refractivity contribution in [1.82, 2.24) is 14.9 Å². The van der Waals surface area contributed by atoms with E-state index in [0.717, 1.165) is 31.6 Å². The molecule has 0 bridgehead atoms. The molecular formula is C19H22N4O2. The number of nitrogens with zero attached hydrogens (tertiary/aromatic N) is 3. The molecule has 6 nitrogen and oxygen atoms in total. The summed E-state index contributed by atoms with van der Waals surface area (Å²) >= 11 is 0. The van der Waals surface area contributed by atoms with Crippen LogP contribution in [-0.4, -0.2) is 39.6 Å². The Balaban J connectivity index is 1.65. The van der Waals surface area contributed by atoms with E-state index in [9.17, 15) is 9.59 Å². The normalized spacial score (nSPS) is 14.7. The van der Waals surface area contributed by atoms with Crippen LogP contribution in [0.2, 0.25) is 0 Å². The molecule has 1 aromatic heterocycles. The average Bonchev–Trinajstić information content (AvgIpc) is 2.92. The molecule has 2 aromatic rings. The first-order valence-corrected chi connectivity index (χ1v) is 8.63. The number of likely N-dealkylation sites (tertiary alicyclic amines) is 1. The van der Waals surface area contributed by atoms with Gasteiger partial charge in [0.15, 0.2) is 5.78 Å². The average molecular weight is 338 g/mol. The number of aromatic nitrogens is 2. The Kier molecular flexibility index (Phi) is 5.38. The highest BCUT2D eigenvalue weighted by atomic mass is 16.2. The predicted molar refractivity (Wildman–Crippen MR) is 96.1 cm³/mol. The first-order valence-electron chi connectivity index (χ1n) is 8.63. The fraction of sp³-hybridized carbons (Fsp3) is 0.368. The van der Waals surface area contributed by atoms with Gasteiger partial charge in [0, 0.05) is 24.3 Å². The Bertz CT molecular complexity index is 733. The largest absolute Gasteiger partial charge is 0.339 e. The minimum atomic E-state index is -0.0493. The van der Waals surface area contributed by atoms with Crippen LogP contribution in [0.4, 0.5) is 11.5 Å². The monoisotopic (exact) mass is 338 g/mol. The Morgan fingerprint density at radius 3 is 2.20 bits per heavy atom. The third kappa shape index (κ3) is 4.41. The number of carbonyl (C=O) groups is 2. The highest BCUT2D eigenvalue weighted by Gasteiger charge is 2.18. The van der Waals surface area contributed by atoms with Crippen LogP contribution in [-0.2, 0) is 0 Å². The summed E-state index contributed by atoms with van der Waals surface area (Å²) < 4.78 is 0. The van der Waals surface area contributed by atoms with E-state index < -0.39 is 0 Å². The molecule has 1 fully saturated rings. The third-order valence-electron chi connectivity index (χ3n) is 4.33. The zero-order valence-electron chi connectivity index (χ0n) is 14.4. The lowest BCUT2D eigenvalue weighted by Gasteiger charge is -2.19. The van der Waals surface area contributed by atoms with Gasteiger partial charge in [0.2, 0.25) is 0 Å². The summed E-state index contributed by atoms with van der Waals surface area (Å²) in [6.45, 7) is 3.12. The number of anilines is 2. The van der Waals surface area contributed by atoms with Crippen molar-refractivity contribution in [3.8, 4) is 0 Å². The Hall–Kier alpha value is -2.76. The number of hydrogen-bond acceptors (Lipinski definition) is 5. The van der Waals surface area contributed by atoms with Crippen molar-refractivity contribution in [3.63, 3.8) is 0 Å². The maximum absolute atomic E-state index is 12.5. The van der Waals surface area contributed by atoms with Crippen molar-refractivity contribution in [3.05, 3.63) is 47.9 Å². The molecule has 1 aliphatic rings. The van der Waals surface area contributed by atoms with Gasteiger partial charge in [0.1, 0.15) is 11.5 Å². The van der Waals surface area contributed by atoms with Gasteiger partial charge in [0.25, 0.3) is 5.91 Å². The summed E-state index contributed by atoms with van der Waals surface area (Å²) in [4.78, 5) is 34.2. The molecule has 3 rings (SSSR count). The molecule has 1 aromatic carbocycles. The van der Waals surface area contributed by atoms with Crippen molar-refractivity contribution >= 4 is 23.2 Å². The van der Waals surface area contributed by atoms with Gasteiger partial charge in [0.05, 0.1) is 12.4 Å². The molecule has 0 saturated carbocycles. The van der Waals surface area contributed by atoms with Gasteiger partial charge >= 0.3 is 0 Å². The molecule has 0 unspecified atom stereocenters. The lowest BCUT2D eigenvalue weighted by molar-refractivity contribution is 0.0755. The van der Waals surface area contributed by atoms with Crippen LogP contribution in [0.3, 0.4) is 0 Å². The molecule has 1 amide bonds. The maximum Gasteiger partial charge on any atom is 0.274 e. The fourth-order valence-corrected chi connectivity index (χ4v) is 2.87. The lowest BCUT2D eigenvalue weighted by Crippen LogP contribution is -2.32. The third-order valence-corrected chi connectivity index (χ3v) is 4.33. The van der Waals surface area contributed by atoms with Crippen molar-refractivity contribution < 1.29 is 9.59 Å². The first-order chi connectivity index (χ1) is 12.1. The van der Waals surface area contributed by atoms with Crippen molar-refractivity contribution in [2.75, 3.05) is 18.4 Å². The van der Waals surface area contributed by atoms with Gasteiger partial charge in [-0.2, -0.15) is 0 Å². The number of rotatable bonds is 4. The zero-order valence-corrected chi connectivity index (χ0v) is 14.4. The topological polar surface area (TPSA) is 75.2 Å². The molecule has 1 aliphatic heterocycles. The van der Waals surface area contributed by atoms with Crippen LogP contribution < -0.4 is 5.32 Å². The lowest BCUT2D eigenvalue weighted by atomic mass is 10.1. The Labute approximate surface area is 147 Å². The zero-order chi connectivity index (χ0) is 17.6. The van der Waals surface area contributed by atoms with Crippen LogP contribution in [0.1, 0.15) is 53.5 Å². The summed E-state index contributed by atoms with van der Waals surface area (Å²) in [5, 5.41) is 3.12. The molecule has 1 N–H and O–H groups in total. The molecule has 0 atom stereocenters. The summed E-state index contributed by atoms with van der Waals surface area (Å²) in [5.74, 6) is 0.539. The van der Waals surface area contributed by atoms with E-state index in [2.05, 4.69) is 15.3 Å². The van der Waals surface area contributed by atoms with Gasteiger partial charge in [-0.3, -0.25) is 9.59 Å². The van der Waals surface area contributed by atoms with Crippen molar-refractivity contribution in [2.24, 2.45) is 0 Å². The first kappa shape index (κ1) is 17.1. The molecule has 0 aliphatic carbocycles. The minimum Gasteiger partial charge on any atom is -0.339 e. The Morgan fingerprint density at radius 1 is 0.960 bits per heavy atom. The van der Waals surface area contributed by atoms with Crippen LogP contribution >= 0.6 is 0 Å². The maximum atomic E-state index is 12.5. The highest BCUT2D eigenvalue weighted by molar-refractivity contribution is 5.94. The molecule has 0 radical (unpaired) electrons. The van der Waals surface area contributed by atoms with Crippen LogP contribution in [0.5, 0.6) is 0 Å². The Morgan fingerprint density at radius 2 is 1.64 bits per heavy atom. The van der Waals surface area contributed by atoms with E-state index in [1.54, 1.807) is 18.3 Å². The van der Waals surface area contributed by atoms with Gasteiger partial charge in [-0.15, -0.1) is 0 Å². The molecular weight excluding hydrogens is 316 g/mol. The minimum absolute atomic E-state index is 0.0303. The molecule has 130 valence electrons. The molecule has 6 heteroatoms. The van der Waals surface area contributed by atoms with Crippen LogP contribution in [0.25, 0.3) is 0 Å². The van der Waals surface area contributed by atoms with E-state index in [0.29, 0.717) is 17.1 Å². The number of nitrogens with one attached hydrogen (secondary N) is 1. The van der Waals surface area contributed by atoms with Crippen molar-refractivity contribution in [2.45, 2.75) is 32.6 Å². The number of hydrogen-bond donors (Lipinski definition) is 1. The van der Waals surface area contributed by atoms with Crippen molar-refractivity contribution in [1.29, 1.82) is 0 Å². The number of Topliss-reactive ketones (excluding diaryl/α,β-unsaturated/α-hetero) is 1. The van der Waals surface area contributed by atoms with Gasteiger partial charge in [-0.05, 0) is 44.0 Å². The smallest absolute Gasteiger partial charge is 0.274 e. The van der Waals surface area contributed by atoms with E-state index in [1.165, 1.54) is 26.0 Å². The predicted octanol–water partition coefficient (Wildman–Crippen LogP) is 3.44. The second kappa shape index (κ2) is 7.88. The van der Waals surface area contributed by atoms with Gasteiger partial charge < -0.3 is 10.2 Å². The summed E-state index contributed by atoms with van der Waals surface area (Å²) in [7, 11) is 0. The second-order valence-electron chi connectivity index (χ2n) is 6.25. The highest BCUT2D eigenvalue weighted by Crippen LogP contribution is 2.16. The van der Waals surface area contributed by atoms with E-state index in [4.69, 9.17) is 0 Å².